The summed E-state index contributed by atoms with van der Waals surface area (Å²) in [7, 11) is 1.49. The Morgan fingerprint density at radius 1 is 1.65 bits per heavy atom. The molecule has 6 heteroatoms. The SMILES string of the molecule is CO[C@H]1CO[C@H](C)[C@@H](NC(=O)CC(C)O)[C@@H]1O. The van der Waals surface area contributed by atoms with Crippen molar-refractivity contribution in [3.63, 3.8) is 0 Å². The van der Waals surface area contributed by atoms with Crippen molar-refractivity contribution in [3.8, 4) is 0 Å². The van der Waals surface area contributed by atoms with Gasteiger partial charge in [0.15, 0.2) is 0 Å². The van der Waals surface area contributed by atoms with Crippen molar-refractivity contribution in [1.82, 2.24) is 5.32 Å². The third-order valence-electron chi connectivity index (χ3n) is 2.89. The summed E-state index contributed by atoms with van der Waals surface area (Å²) >= 11 is 0. The van der Waals surface area contributed by atoms with Gasteiger partial charge in [-0.2, -0.15) is 0 Å². The molecule has 5 atom stereocenters. The fourth-order valence-corrected chi connectivity index (χ4v) is 1.88. The van der Waals surface area contributed by atoms with E-state index in [0.717, 1.165) is 0 Å². The van der Waals surface area contributed by atoms with E-state index < -0.39 is 24.4 Å². The van der Waals surface area contributed by atoms with E-state index in [0.29, 0.717) is 6.61 Å². The largest absolute Gasteiger partial charge is 0.393 e. The van der Waals surface area contributed by atoms with Gasteiger partial charge in [0, 0.05) is 7.11 Å². The van der Waals surface area contributed by atoms with Gasteiger partial charge in [0.25, 0.3) is 0 Å². The Labute approximate surface area is 101 Å². The predicted octanol–water partition coefficient (Wildman–Crippen LogP) is -0.963. The highest BCUT2D eigenvalue weighted by Gasteiger charge is 2.38. The molecule has 100 valence electrons. The van der Waals surface area contributed by atoms with E-state index in [1.54, 1.807) is 6.92 Å². The number of carbonyl (C=O) groups is 1. The molecule has 3 N–H and O–H groups in total. The summed E-state index contributed by atoms with van der Waals surface area (Å²) in [6.07, 6.45) is -2.22. The van der Waals surface area contributed by atoms with Gasteiger partial charge in [0.1, 0.15) is 12.2 Å². The maximum absolute atomic E-state index is 11.5. The number of aliphatic hydroxyl groups is 2. The highest BCUT2D eigenvalue weighted by Crippen LogP contribution is 2.17. The average Bonchev–Trinajstić information content (AvgIpc) is 2.23. The van der Waals surface area contributed by atoms with Crippen LogP contribution in [0.15, 0.2) is 0 Å². The van der Waals surface area contributed by atoms with Gasteiger partial charge in [-0.25, -0.2) is 0 Å². The van der Waals surface area contributed by atoms with Crippen LogP contribution in [0.3, 0.4) is 0 Å². The van der Waals surface area contributed by atoms with E-state index >= 15 is 0 Å². The molecule has 0 saturated carbocycles. The van der Waals surface area contributed by atoms with E-state index in [2.05, 4.69) is 5.32 Å². The Balaban J connectivity index is 2.56. The molecule has 1 aliphatic heterocycles. The quantitative estimate of drug-likeness (QED) is 0.595. The van der Waals surface area contributed by atoms with Gasteiger partial charge < -0.3 is 25.0 Å². The van der Waals surface area contributed by atoms with Crippen LogP contribution in [0.1, 0.15) is 20.3 Å². The molecule has 6 nitrogen and oxygen atoms in total. The standard InChI is InChI=1S/C11H21NO5/c1-6(13)4-9(14)12-10-7(2)17-5-8(16-3)11(10)15/h6-8,10-11,13,15H,4-5H2,1-3H3,(H,12,14)/t6?,7-,8+,10-,11-/m1/s1. The molecule has 17 heavy (non-hydrogen) atoms. The van der Waals surface area contributed by atoms with Gasteiger partial charge in [0.2, 0.25) is 5.91 Å². The minimum absolute atomic E-state index is 0.00753. The van der Waals surface area contributed by atoms with Crippen LogP contribution in [0, 0.1) is 0 Å². The minimum Gasteiger partial charge on any atom is -0.393 e. The number of ether oxygens (including phenoxy) is 2. The van der Waals surface area contributed by atoms with Crippen molar-refractivity contribution < 1.29 is 24.5 Å². The number of nitrogens with one attached hydrogen (secondary N) is 1. The van der Waals surface area contributed by atoms with E-state index in [4.69, 9.17) is 14.6 Å². The molecule has 0 aromatic rings. The molecular formula is C11H21NO5. The first-order valence-corrected chi connectivity index (χ1v) is 5.75. The smallest absolute Gasteiger partial charge is 0.222 e. The fraction of sp³-hybridized carbons (Fsp3) is 0.909. The molecule has 0 spiro atoms. The summed E-state index contributed by atoms with van der Waals surface area (Å²) < 4.78 is 10.5. The first-order chi connectivity index (χ1) is 7.95. The molecule has 1 rings (SSSR count). The number of carbonyl (C=O) groups excluding carboxylic acids is 1. The second kappa shape index (κ2) is 6.30. The maximum atomic E-state index is 11.5. The van der Waals surface area contributed by atoms with E-state index in [-0.39, 0.29) is 18.4 Å². The first kappa shape index (κ1) is 14.4. The monoisotopic (exact) mass is 247 g/mol. The summed E-state index contributed by atoms with van der Waals surface area (Å²) in [5.41, 5.74) is 0. The van der Waals surface area contributed by atoms with Crippen molar-refractivity contribution in [2.75, 3.05) is 13.7 Å². The third-order valence-corrected chi connectivity index (χ3v) is 2.89. The minimum atomic E-state index is -0.804. The number of hydrogen-bond donors (Lipinski definition) is 3. The van der Waals surface area contributed by atoms with Gasteiger partial charge in [0.05, 0.1) is 31.3 Å². The summed E-state index contributed by atoms with van der Waals surface area (Å²) in [5, 5.41) is 21.8. The number of rotatable bonds is 4. The molecule has 0 bridgehead atoms. The number of aliphatic hydroxyl groups excluding tert-OH is 2. The lowest BCUT2D eigenvalue weighted by molar-refractivity contribution is -0.154. The summed E-state index contributed by atoms with van der Waals surface area (Å²) in [5.74, 6) is -0.309. The van der Waals surface area contributed by atoms with Crippen LogP contribution < -0.4 is 5.32 Å². The van der Waals surface area contributed by atoms with Crippen LogP contribution >= 0.6 is 0 Å². The molecule has 0 radical (unpaired) electrons. The van der Waals surface area contributed by atoms with Gasteiger partial charge in [-0.15, -0.1) is 0 Å². The first-order valence-electron chi connectivity index (χ1n) is 5.75. The Morgan fingerprint density at radius 2 is 2.29 bits per heavy atom. The fourth-order valence-electron chi connectivity index (χ4n) is 1.88. The lowest BCUT2D eigenvalue weighted by Gasteiger charge is -2.38. The second-order valence-corrected chi connectivity index (χ2v) is 4.45. The van der Waals surface area contributed by atoms with Crippen LogP contribution in [0.4, 0.5) is 0 Å². The van der Waals surface area contributed by atoms with Crippen LogP contribution in [-0.4, -0.2) is 60.3 Å². The predicted molar refractivity (Wildman–Crippen MR) is 60.4 cm³/mol. The van der Waals surface area contributed by atoms with E-state index in [9.17, 15) is 9.90 Å². The molecule has 1 amide bonds. The van der Waals surface area contributed by atoms with Crippen molar-refractivity contribution in [3.05, 3.63) is 0 Å². The third kappa shape index (κ3) is 3.92. The van der Waals surface area contributed by atoms with Crippen molar-refractivity contribution >= 4 is 5.91 Å². The van der Waals surface area contributed by atoms with Crippen molar-refractivity contribution in [1.29, 1.82) is 0 Å². The van der Waals surface area contributed by atoms with E-state index in [1.807, 2.05) is 0 Å². The number of amides is 1. The van der Waals surface area contributed by atoms with Crippen LogP contribution in [-0.2, 0) is 14.3 Å². The molecule has 0 aromatic carbocycles. The van der Waals surface area contributed by atoms with Crippen molar-refractivity contribution in [2.24, 2.45) is 0 Å². The molecular weight excluding hydrogens is 226 g/mol. The zero-order valence-electron chi connectivity index (χ0n) is 10.4. The van der Waals surface area contributed by atoms with Crippen LogP contribution in [0.2, 0.25) is 0 Å². The highest BCUT2D eigenvalue weighted by molar-refractivity contribution is 5.76. The summed E-state index contributed by atoms with van der Waals surface area (Å²) in [4.78, 5) is 11.5. The molecule has 1 aliphatic rings. The zero-order chi connectivity index (χ0) is 13.0. The lowest BCUT2D eigenvalue weighted by Crippen LogP contribution is -2.60. The summed E-state index contributed by atoms with van der Waals surface area (Å²) in [6.45, 7) is 3.62. The Hall–Kier alpha value is -0.690. The molecule has 1 heterocycles. The lowest BCUT2D eigenvalue weighted by atomic mass is 9.97. The summed E-state index contributed by atoms with van der Waals surface area (Å²) in [6, 6.07) is -0.514. The van der Waals surface area contributed by atoms with E-state index in [1.165, 1.54) is 14.0 Å². The normalized spacial score (nSPS) is 35.4. The molecule has 1 saturated heterocycles. The van der Waals surface area contributed by atoms with Gasteiger partial charge in [-0.3, -0.25) is 4.79 Å². The maximum Gasteiger partial charge on any atom is 0.222 e. The Kier molecular flexibility index (Phi) is 5.32. The Bertz CT molecular complexity index is 258. The average molecular weight is 247 g/mol. The molecule has 1 fully saturated rings. The van der Waals surface area contributed by atoms with Gasteiger partial charge in [-0.05, 0) is 13.8 Å². The number of hydrogen-bond acceptors (Lipinski definition) is 5. The second-order valence-electron chi connectivity index (χ2n) is 4.45. The topological polar surface area (TPSA) is 88.0 Å². The van der Waals surface area contributed by atoms with Gasteiger partial charge >= 0.3 is 0 Å². The number of methoxy groups -OCH3 is 1. The van der Waals surface area contributed by atoms with Crippen LogP contribution in [0.25, 0.3) is 0 Å². The Morgan fingerprint density at radius 3 is 2.82 bits per heavy atom. The molecule has 1 unspecified atom stereocenters. The zero-order valence-corrected chi connectivity index (χ0v) is 10.4. The molecule has 0 aliphatic carbocycles. The van der Waals surface area contributed by atoms with Crippen molar-refractivity contribution in [2.45, 2.75) is 50.7 Å². The molecule has 0 aromatic heterocycles. The van der Waals surface area contributed by atoms with Gasteiger partial charge in [-0.1, -0.05) is 0 Å². The van der Waals surface area contributed by atoms with Crippen LogP contribution in [0.5, 0.6) is 0 Å². The highest BCUT2D eigenvalue weighted by atomic mass is 16.5.